The molecule has 0 aliphatic rings. The molecule has 2 amide bonds. The second-order valence-corrected chi connectivity index (χ2v) is 7.22. The van der Waals surface area contributed by atoms with E-state index in [1.807, 2.05) is 19.1 Å². The van der Waals surface area contributed by atoms with E-state index in [4.69, 9.17) is 0 Å². The van der Waals surface area contributed by atoms with Gasteiger partial charge in [-0.2, -0.15) is 0 Å². The van der Waals surface area contributed by atoms with Crippen LogP contribution in [0.3, 0.4) is 0 Å². The summed E-state index contributed by atoms with van der Waals surface area (Å²) in [7, 11) is 2.42. The third-order valence-electron chi connectivity index (χ3n) is 3.86. The smallest absolute Gasteiger partial charge is 0.337 e. The van der Waals surface area contributed by atoms with E-state index >= 15 is 0 Å². The fourth-order valence-corrected chi connectivity index (χ4v) is 3.06. The average molecular weight is 430 g/mol. The highest BCUT2D eigenvalue weighted by Gasteiger charge is 2.15. The number of amides is 2. The molecule has 0 saturated carbocycles. The zero-order valence-corrected chi connectivity index (χ0v) is 17.6. The quantitative estimate of drug-likeness (QED) is 0.620. The van der Waals surface area contributed by atoms with Crippen molar-refractivity contribution in [3.05, 3.63) is 59.2 Å². The predicted octanol–water partition coefficient (Wildman–Crippen LogP) is 2.88. The Bertz CT molecular complexity index is 909. The summed E-state index contributed by atoms with van der Waals surface area (Å²) in [5.74, 6) is -1.82. The molecule has 0 fully saturated rings. The lowest BCUT2D eigenvalue weighted by molar-refractivity contribution is -0.114. The Morgan fingerprint density at radius 3 is 1.70 bits per heavy atom. The maximum Gasteiger partial charge on any atom is 0.337 e. The molecule has 9 heteroatoms. The molecule has 0 atom stereocenters. The molecule has 2 N–H and O–H groups in total. The van der Waals surface area contributed by atoms with Gasteiger partial charge < -0.3 is 20.1 Å². The van der Waals surface area contributed by atoms with Crippen LogP contribution in [0.2, 0.25) is 0 Å². The zero-order chi connectivity index (χ0) is 22.1. The first-order valence-corrected chi connectivity index (χ1v) is 10.0. The second kappa shape index (κ2) is 11.0. The van der Waals surface area contributed by atoms with Crippen LogP contribution in [0.4, 0.5) is 11.4 Å². The normalized spacial score (nSPS) is 10.1. The second-order valence-electron chi connectivity index (χ2n) is 6.24. The monoisotopic (exact) mass is 430 g/mol. The summed E-state index contributed by atoms with van der Waals surface area (Å²) in [6.45, 7) is 1.95. The lowest BCUT2D eigenvalue weighted by atomic mass is 10.1. The van der Waals surface area contributed by atoms with Gasteiger partial charge in [0.15, 0.2) is 0 Å². The summed E-state index contributed by atoms with van der Waals surface area (Å²) in [5.41, 5.74) is 2.21. The van der Waals surface area contributed by atoms with Gasteiger partial charge in [-0.05, 0) is 37.3 Å². The van der Waals surface area contributed by atoms with Gasteiger partial charge in [0, 0.05) is 11.4 Å². The summed E-state index contributed by atoms with van der Waals surface area (Å²) in [4.78, 5) is 47.8. The molecule has 0 aromatic heterocycles. The fraction of sp³-hybridized carbons (Fsp3) is 0.238. The minimum Gasteiger partial charge on any atom is -0.465 e. The summed E-state index contributed by atoms with van der Waals surface area (Å²) < 4.78 is 9.32. The molecule has 8 nitrogen and oxygen atoms in total. The molecule has 2 aromatic carbocycles. The van der Waals surface area contributed by atoms with E-state index < -0.39 is 11.9 Å². The molecule has 0 heterocycles. The molecule has 0 radical (unpaired) electrons. The lowest BCUT2D eigenvalue weighted by Gasteiger charge is -2.10. The van der Waals surface area contributed by atoms with E-state index in [9.17, 15) is 19.2 Å². The Morgan fingerprint density at radius 2 is 1.23 bits per heavy atom. The maximum absolute atomic E-state index is 12.2. The van der Waals surface area contributed by atoms with E-state index in [1.54, 1.807) is 12.1 Å². The minimum atomic E-state index is -0.654. The van der Waals surface area contributed by atoms with Crippen LogP contribution in [0.1, 0.15) is 26.3 Å². The van der Waals surface area contributed by atoms with Gasteiger partial charge >= 0.3 is 11.9 Å². The minimum absolute atomic E-state index is 0.0112. The van der Waals surface area contributed by atoms with Crippen molar-refractivity contribution in [2.24, 2.45) is 0 Å². The summed E-state index contributed by atoms with van der Waals surface area (Å²) >= 11 is 1.13. The van der Waals surface area contributed by atoms with E-state index in [0.29, 0.717) is 5.69 Å². The number of methoxy groups -OCH3 is 2. The van der Waals surface area contributed by atoms with Crippen LogP contribution in [0.5, 0.6) is 0 Å². The van der Waals surface area contributed by atoms with Gasteiger partial charge in [-0.25, -0.2) is 9.59 Å². The molecule has 2 aromatic rings. The summed E-state index contributed by atoms with van der Waals surface area (Å²) in [6, 6.07) is 11.5. The fourth-order valence-electron chi connectivity index (χ4n) is 2.44. The van der Waals surface area contributed by atoms with Gasteiger partial charge in [-0.15, -0.1) is 11.8 Å². The van der Waals surface area contributed by atoms with Crippen molar-refractivity contribution in [2.45, 2.75) is 6.92 Å². The van der Waals surface area contributed by atoms with Crippen molar-refractivity contribution in [1.82, 2.24) is 0 Å². The van der Waals surface area contributed by atoms with Crippen molar-refractivity contribution in [3.63, 3.8) is 0 Å². The molecule has 0 saturated heterocycles. The van der Waals surface area contributed by atoms with Crippen molar-refractivity contribution < 1.29 is 28.7 Å². The first kappa shape index (κ1) is 23.0. The average Bonchev–Trinajstić information content (AvgIpc) is 2.73. The SMILES string of the molecule is COC(=O)c1cc(NC(=O)CSCC(=O)Nc2ccc(C)cc2)cc(C(=O)OC)c1. The molecule has 0 aliphatic carbocycles. The van der Waals surface area contributed by atoms with E-state index in [2.05, 4.69) is 20.1 Å². The van der Waals surface area contributed by atoms with Gasteiger partial charge in [-0.3, -0.25) is 9.59 Å². The standard InChI is InChI=1S/C21H22N2O6S/c1-13-4-6-16(7-5-13)22-18(24)11-30-12-19(25)23-17-9-14(20(26)28-2)8-15(10-17)21(27)29-3/h4-10H,11-12H2,1-3H3,(H,22,24)(H,23,25). The number of esters is 2. The highest BCUT2D eigenvalue weighted by molar-refractivity contribution is 8.00. The van der Waals surface area contributed by atoms with Crippen molar-refractivity contribution in [2.75, 3.05) is 36.4 Å². The number of nitrogens with one attached hydrogen (secondary N) is 2. The van der Waals surface area contributed by atoms with Crippen LogP contribution in [-0.2, 0) is 19.1 Å². The number of thioether (sulfide) groups is 1. The number of carbonyl (C=O) groups is 4. The summed E-state index contributed by atoms with van der Waals surface area (Å²) in [5, 5.41) is 5.35. The predicted molar refractivity (Wildman–Crippen MR) is 115 cm³/mol. The molecular weight excluding hydrogens is 408 g/mol. The number of hydrogen-bond acceptors (Lipinski definition) is 7. The van der Waals surface area contributed by atoms with Gasteiger partial charge in [0.1, 0.15) is 0 Å². The van der Waals surface area contributed by atoms with E-state index in [0.717, 1.165) is 17.3 Å². The molecule has 158 valence electrons. The van der Waals surface area contributed by atoms with Crippen LogP contribution < -0.4 is 10.6 Å². The van der Waals surface area contributed by atoms with Crippen molar-refractivity contribution >= 4 is 46.9 Å². The highest BCUT2D eigenvalue weighted by Crippen LogP contribution is 2.18. The number of anilines is 2. The number of aryl methyl sites for hydroxylation is 1. The van der Waals surface area contributed by atoms with Gasteiger partial charge in [0.25, 0.3) is 0 Å². The van der Waals surface area contributed by atoms with Crippen molar-refractivity contribution in [3.8, 4) is 0 Å². The van der Waals surface area contributed by atoms with Crippen LogP contribution in [0.15, 0.2) is 42.5 Å². The number of rotatable bonds is 8. The largest absolute Gasteiger partial charge is 0.465 e. The lowest BCUT2D eigenvalue weighted by Crippen LogP contribution is -2.19. The Morgan fingerprint density at radius 1 is 0.767 bits per heavy atom. The third-order valence-corrected chi connectivity index (χ3v) is 4.79. The number of hydrogen-bond donors (Lipinski definition) is 2. The van der Waals surface area contributed by atoms with Gasteiger partial charge in [-0.1, -0.05) is 17.7 Å². The molecule has 2 rings (SSSR count). The molecule has 0 bridgehead atoms. The summed E-state index contributed by atoms with van der Waals surface area (Å²) in [6.07, 6.45) is 0. The first-order valence-electron chi connectivity index (χ1n) is 8.88. The Kier molecular flexibility index (Phi) is 8.42. The molecular formula is C21H22N2O6S. The maximum atomic E-state index is 12.2. The topological polar surface area (TPSA) is 111 Å². The van der Waals surface area contributed by atoms with Crippen LogP contribution >= 0.6 is 11.8 Å². The van der Waals surface area contributed by atoms with E-state index in [-0.39, 0.29) is 40.1 Å². The van der Waals surface area contributed by atoms with E-state index in [1.165, 1.54) is 32.4 Å². The van der Waals surface area contributed by atoms with Crippen LogP contribution in [-0.4, -0.2) is 49.5 Å². The Balaban J connectivity index is 1.92. The van der Waals surface area contributed by atoms with Crippen LogP contribution in [0.25, 0.3) is 0 Å². The highest BCUT2D eigenvalue weighted by atomic mass is 32.2. The molecule has 0 spiro atoms. The Labute approximate surface area is 178 Å². The van der Waals surface area contributed by atoms with Crippen LogP contribution in [0, 0.1) is 6.92 Å². The van der Waals surface area contributed by atoms with Crippen molar-refractivity contribution in [1.29, 1.82) is 0 Å². The number of ether oxygens (including phenoxy) is 2. The third kappa shape index (κ3) is 6.93. The first-order chi connectivity index (χ1) is 14.3. The zero-order valence-electron chi connectivity index (χ0n) is 16.8. The number of carbonyl (C=O) groups excluding carboxylic acids is 4. The molecule has 0 aliphatic heterocycles. The Hall–Kier alpha value is -3.33. The number of benzene rings is 2. The molecule has 30 heavy (non-hydrogen) atoms. The molecule has 0 unspecified atom stereocenters. The van der Waals surface area contributed by atoms with Gasteiger partial charge in [0.05, 0.1) is 36.9 Å². The van der Waals surface area contributed by atoms with Gasteiger partial charge in [0.2, 0.25) is 11.8 Å².